The van der Waals surface area contributed by atoms with E-state index in [1.54, 1.807) is 6.92 Å². The summed E-state index contributed by atoms with van der Waals surface area (Å²) in [5.74, 6) is -0.292. The van der Waals surface area contributed by atoms with Crippen molar-refractivity contribution >= 4 is 14.6 Å². The van der Waals surface area contributed by atoms with E-state index < -0.39 is 0 Å². The molecule has 0 radical (unpaired) electrons. The summed E-state index contributed by atoms with van der Waals surface area (Å²) in [5.41, 5.74) is 0. The second-order valence-corrected chi connectivity index (χ2v) is 4.48. The molecule has 0 saturated heterocycles. The molecule has 0 fully saturated rings. The Kier molecular flexibility index (Phi) is 17.9. The smallest absolute Gasteiger partial charge is 0.298 e. The van der Waals surface area contributed by atoms with Crippen LogP contribution >= 0.6 is 8.58 Å². The third kappa shape index (κ3) is 17.8. The maximum Gasteiger partial charge on any atom is 0.342 e. The van der Waals surface area contributed by atoms with Crippen molar-refractivity contribution in [2.24, 2.45) is 0 Å². The fraction of sp³-hybridized carbons (Fsp3) is 0.900. The van der Waals surface area contributed by atoms with E-state index in [0.717, 1.165) is 6.42 Å². The third-order valence-corrected chi connectivity index (χ3v) is 2.22. The van der Waals surface area contributed by atoms with Crippen LogP contribution in [0, 0.1) is 0 Å². The van der Waals surface area contributed by atoms with Crippen LogP contribution < -0.4 is 0 Å². The van der Waals surface area contributed by atoms with Crippen molar-refractivity contribution in [2.75, 3.05) is 18.9 Å². The van der Waals surface area contributed by atoms with Gasteiger partial charge < -0.3 is 0 Å². The fourth-order valence-electron chi connectivity index (χ4n) is 0.620. The fourth-order valence-corrected chi connectivity index (χ4v) is 1.12. The highest BCUT2D eigenvalue weighted by molar-refractivity contribution is 7.37. The second-order valence-electron chi connectivity index (χ2n) is 2.57. The van der Waals surface area contributed by atoms with E-state index in [1.165, 1.54) is 20.9 Å². The lowest BCUT2D eigenvalue weighted by Gasteiger charge is -1.97. The molecule has 0 amide bonds. The van der Waals surface area contributed by atoms with Gasteiger partial charge in [-0.3, -0.25) is 4.89 Å². The highest BCUT2D eigenvalue weighted by Gasteiger charge is 1.98. The summed E-state index contributed by atoms with van der Waals surface area (Å²) in [4.78, 5) is 19.1. The minimum absolute atomic E-state index is 0.292. The van der Waals surface area contributed by atoms with E-state index in [0.29, 0.717) is 13.0 Å². The highest BCUT2D eigenvalue weighted by atomic mass is 31.1. The van der Waals surface area contributed by atoms with Crippen molar-refractivity contribution in [1.82, 2.24) is 0 Å². The molecule has 0 rings (SSSR count). The molecule has 14 heavy (non-hydrogen) atoms. The van der Waals surface area contributed by atoms with Crippen molar-refractivity contribution in [2.45, 2.75) is 40.5 Å². The molecule has 0 aliphatic heterocycles. The summed E-state index contributed by atoms with van der Waals surface area (Å²) in [6, 6.07) is 0. The standard InChI is InChI=1S/C6H12O3.C4H11P/c1-3-5-6(7)9-8-4-2;1-3-5-4-2/h3-5H2,1-2H3;5H,3-4H2,1-2H3. The summed E-state index contributed by atoms with van der Waals surface area (Å²) in [6.07, 6.45) is 3.97. The predicted octanol–water partition coefficient (Wildman–Crippen LogP) is 2.99. The van der Waals surface area contributed by atoms with Gasteiger partial charge in [-0.15, -0.1) is 8.58 Å². The number of rotatable bonds is 6. The molecule has 0 aliphatic carbocycles. The zero-order valence-electron chi connectivity index (χ0n) is 9.76. The van der Waals surface area contributed by atoms with Crippen molar-refractivity contribution in [3.05, 3.63) is 0 Å². The zero-order valence-corrected chi connectivity index (χ0v) is 10.8. The molecule has 0 spiro atoms. The van der Waals surface area contributed by atoms with E-state index in [9.17, 15) is 4.79 Å². The topological polar surface area (TPSA) is 35.5 Å². The molecular weight excluding hydrogens is 199 g/mol. The summed E-state index contributed by atoms with van der Waals surface area (Å²) in [5, 5.41) is 0. The molecule has 0 aliphatic rings. The molecule has 0 aromatic carbocycles. The SMILES string of the molecule is CCCC(=O)OOCC.CCPCC. The van der Waals surface area contributed by atoms with E-state index in [2.05, 4.69) is 23.6 Å². The molecule has 3 nitrogen and oxygen atoms in total. The first kappa shape index (κ1) is 16.3. The van der Waals surface area contributed by atoms with Gasteiger partial charge in [-0.2, -0.15) is 4.89 Å². The summed E-state index contributed by atoms with van der Waals surface area (Å²) in [6.45, 7) is 8.53. The Hall–Kier alpha value is -0.140. The van der Waals surface area contributed by atoms with Gasteiger partial charge in [-0.25, -0.2) is 4.79 Å². The van der Waals surface area contributed by atoms with Gasteiger partial charge in [0.05, 0.1) is 6.61 Å². The second kappa shape index (κ2) is 15.3. The maximum atomic E-state index is 10.5. The number of hydrogen-bond acceptors (Lipinski definition) is 3. The minimum atomic E-state index is -0.292. The average molecular weight is 222 g/mol. The molecule has 0 heterocycles. The van der Waals surface area contributed by atoms with Crippen molar-refractivity contribution in [3.8, 4) is 0 Å². The largest absolute Gasteiger partial charge is 0.342 e. The first-order valence-electron chi connectivity index (χ1n) is 5.25. The van der Waals surface area contributed by atoms with Gasteiger partial charge in [0.15, 0.2) is 0 Å². The molecule has 0 atom stereocenters. The van der Waals surface area contributed by atoms with E-state index in [4.69, 9.17) is 0 Å². The Balaban J connectivity index is 0. The van der Waals surface area contributed by atoms with Crippen LogP contribution in [0.15, 0.2) is 0 Å². The molecule has 0 saturated carbocycles. The van der Waals surface area contributed by atoms with E-state index in [1.807, 2.05) is 6.92 Å². The van der Waals surface area contributed by atoms with Gasteiger partial charge in [0.2, 0.25) is 0 Å². The van der Waals surface area contributed by atoms with Crippen LogP contribution in [0.1, 0.15) is 40.5 Å². The number of hydrogen-bond donors (Lipinski definition) is 0. The molecule has 0 bridgehead atoms. The van der Waals surface area contributed by atoms with Crippen LogP contribution in [-0.2, 0) is 14.6 Å². The van der Waals surface area contributed by atoms with Crippen molar-refractivity contribution in [3.63, 3.8) is 0 Å². The van der Waals surface area contributed by atoms with Gasteiger partial charge >= 0.3 is 5.97 Å². The predicted molar refractivity (Wildman–Crippen MR) is 62.0 cm³/mol. The zero-order chi connectivity index (χ0) is 11.2. The lowest BCUT2D eigenvalue weighted by Crippen LogP contribution is -2.03. The minimum Gasteiger partial charge on any atom is -0.298 e. The Labute approximate surface area is 89.3 Å². The van der Waals surface area contributed by atoms with Crippen LogP contribution in [0.2, 0.25) is 0 Å². The van der Waals surface area contributed by atoms with Gasteiger partial charge in [-0.05, 0) is 25.7 Å². The van der Waals surface area contributed by atoms with Crippen LogP contribution in [0.25, 0.3) is 0 Å². The molecule has 0 N–H and O–H groups in total. The lowest BCUT2D eigenvalue weighted by atomic mass is 10.3. The number of carbonyl (C=O) groups excluding carboxylic acids is 1. The van der Waals surface area contributed by atoms with Gasteiger partial charge in [0.25, 0.3) is 0 Å². The third-order valence-electron chi connectivity index (χ3n) is 1.22. The quantitative estimate of drug-likeness (QED) is 0.393. The summed E-state index contributed by atoms with van der Waals surface area (Å²) < 4.78 is 0. The molecular formula is C10H23O3P. The lowest BCUT2D eigenvalue weighted by molar-refractivity contribution is -0.269. The Morgan fingerprint density at radius 2 is 1.71 bits per heavy atom. The Morgan fingerprint density at radius 3 is 2.00 bits per heavy atom. The molecule has 86 valence electrons. The monoisotopic (exact) mass is 222 g/mol. The van der Waals surface area contributed by atoms with E-state index in [-0.39, 0.29) is 5.97 Å². The molecule has 0 unspecified atom stereocenters. The first-order chi connectivity index (χ1) is 6.72. The average Bonchev–Trinajstić information content (AvgIpc) is 2.17. The maximum absolute atomic E-state index is 10.5. The summed E-state index contributed by atoms with van der Waals surface area (Å²) in [7, 11) is 1.20. The Bertz CT molecular complexity index is 116. The van der Waals surface area contributed by atoms with Crippen LogP contribution in [0.4, 0.5) is 0 Å². The van der Waals surface area contributed by atoms with Gasteiger partial charge in [0, 0.05) is 6.42 Å². The molecule has 4 heteroatoms. The first-order valence-corrected chi connectivity index (χ1v) is 6.67. The van der Waals surface area contributed by atoms with Crippen LogP contribution in [0.5, 0.6) is 0 Å². The normalized spacial score (nSPS) is 8.86. The van der Waals surface area contributed by atoms with Crippen molar-refractivity contribution in [1.29, 1.82) is 0 Å². The van der Waals surface area contributed by atoms with E-state index >= 15 is 0 Å². The van der Waals surface area contributed by atoms with Crippen molar-refractivity contribution < 1.29 is 14.6 Å². The molecule has 0 aromatic heterocycles. The highest BCUT2D eigenvalue weighted by Crippen LogP contribution is 2.03. The Morgan fingerprint density at radius 1 is 1.14 bits per heavy atom. The molecule has 0 aromatic rings. The van der Waals surface area contributed by atoms with Crippen LogP contribution in [-0.4, -0.2) is 24.9 Å². The van der Waals surface area contributed by atoms with Crippen LogP contribution in [0.3, 0.4) is 0 Å². The van der Waals surface area contributed by atoms with Gasteiger partial charge in [-0.1, -0.05) is 20.8 Å². The number of carbonyl (C=O) groups is 1. The summed E-state index contributed by atoms with van der Waals surface area (Å²) >= 11 is 0. The van der Waals surface area contributed by atoms with Gasteiger partial charge in [0.1, 0.15) is 0 Å².